The van der Waals surface area contributed by atoms with Crippen LogP contribution in [-0.4, -0.2) is 33.5 Å². The van der Waals surface area contributed by atoms with E-state index in [2.05, 4.69) is 16.5 Å². The number of carboxylic acid groups (broad SMARTS) is 1. The second-order valence-corrected chi connectivity index (χ2v) is 6.58. The molecule has 1 N–H and O–H groups in total. The summed E-state index contributed by atoms with van der Waals surface area (Å²) in [4.78, 5) is 35.0. The molecule has 2 aromatic rings. The summed E-state index contributed by atoms with van der Waals surface area (Å²) in [5.41, 5.74) is 1.32. The number of pyridine rings is 1. The third-order valence-electron chi connectivity index (χ3n) is 3.85. The zero-order chi connectivity index (χ0) is 17.1. The number of hydrogen-bond donors (Lipinski definition) is 1. The molecule has 1 aliphatic carbocycles. The number of aromatic nitrogens is 2. The molecule has 2 heterocycles. The second kappa shape index (κ2) is 6.92. The van der Waals surface area contributed by atoms with Crippen LogP contribution in [0.1, 0.15) is 44.3 Å². The molecule has 0 aliphatic heterocycles. The van der Waals surface area contributed by atoms with E-state index >= 15 is 0 Å². The van der Waals surface area contributed by atoms with E-state index in [4.69, 9.17) is 5.11 Å². The van der Waals surface area contributed by atoms with E-state index < -0.39 is 5.97 Å². The second-order valence-electron chi connectivity index (χ2n) is 5.52. The van der Waals surface area contributed by atoms with Crippen molar-refractivity contribution in [3.05, 3.63) is 52.8 Å². The molecule has 24 heavy (non-hydrogen) atoms. The largest absolute Gasteiger partial charge is 0.478 e. The van der Waals surface area contributed by atoms with Gasteiger partial charge in [-0.15, -0.1) is 17.9 Å². The number of aryl methyl sites for hydroxylation is 2. The van der Waals surface area contributed by atoms with Crippen LogP contribution < -0.4 is 4.90 Å². The number of hydrogen-bond acceptors (Lipinski definition) is 5. The van der Waals surface area contributed by atoms with Gasteiger partial charge in [0, 0.05) is 17.6 Å². The van der Waals surface area contributed by atoms with Crippen LogP contribution in [0, 0.1) is 0 Å². The zero-order valence-corrected chi connectivity index (χ0v) is 13.9. The molecule has 0 fully saturated rings. The van der Waals surface area contributed by atoms with Crippen LogP contribution >= 0.6 is 11.3 Å². The summed E-state index contributed by atoms with van der Waals surface area (Å²) in [6.45, 7) is 4.03. The fraction of sp³-hybridized carbons (Fsp3) is 0.294. The third-order valence-corrected chi connectivity index (χ3v) is 5.03. The molecule has 1 aliphatic rings. The molecule has 0 atom stereocenters. The number of carbonyl (C=O) groups is 2. The van der Waals surface area contributed by atoms with Gasteiger partial charge in [-0.1, -0.05) is 6.08 Å². The fourth-order valence-corrected chi connectivity index (χ4v) is 3.77. The first-order valence-electron chi connectivity index (χ1n) is 7.71. The Balaban J connectivity index is 1.89. The number of nitrogens with zero attached hydrogens (tertiary/aromatic N) is 3. The Morgan fingerprint density at radius 2 is 2.12 bits per heavy atom. The molecule has 0 saturated heterocycles. The van der Waals surface area contributed by atoms with Gasteiger partial charge in [-0.2, -0.15) is 0 Å². The Morgan fingerprint density at radius 1 is 1.33 bits per heavy atom. The van der Waals surface area contributed by atoms with Crippen LogP contribution in [0.15, 0.2) is 31.0 Å². The highest BCUT2D eigenvalue weighted by Crippen LogP contribution is 2.32. The molecule has 6 nitrogen and oxygen atoms in total. The van der Waals surface area contributed by atoms with Crippen molar-refractivity contribution < 1.29 is 14.7 Å². The lowest BCUT2D eigenvalue weighted by Gasteiger charge is -2.17. The number of carboxylic acids is 1. The average molecular weight is 343 g/mol. The van der Waals surface area contributed by atoms with Crippen LogP contribution in [0.5, 0.6) is 0 Å². The van der Waals surface area contributed by atoms with Gasteiger partial charge < -0.3 is 5.11 Å². The highest BCUT2D eigenvalue weighted by atomic mass is 32.1. The lowest BCUT2D eigenvalue weighted by atomic mass is 10.0. The van der Waals surface area contributed by atoms with Gasteiger partial charge in [0.05, 0.1) is 11.3 Å². The maximum atomic E-state index is 12.8. The fourth-order valence-electron chi connectivity index (χ4n) is 2.62. The van der Waals surface area contributed by atoms with Crippen molar-refractivity contribution in [3.63, 3.8) is 0 Å². The van der Waals surface area contributed by atoms with Gasteiger partial charge in [-0.3, -0.25) is 14.7 Å². The van der Waals surface area contributed by atoms with Crippen molar-refractivity contribution in [3.8, 4) is 0 Å². The first kappa shape index (κ1) is 16.3. The number of thiazole rings is 1. The van der Waals surface area contributed by atoms with Gasteiger partial charge in [0.2, 0.25) is 0 Å². The Morgan fingerprint density at radius 3 is 2.75 bits per heavy atom. The van der Waals surface area contributed by atoms with Gasteiger partial charge >= 0.3 is 5.97 Å². The monoisotopic (exact) mass is 343 g/mol. The van der Waals surface area contributed by atoms with Crippen LogP contribution in [0.2, 0.25) is 0 Å². The summed E-state index contributed by atoms with van der Waals surface area (Å²) < 4.78 is 0. The van der Waals surface area contributed by atoms with Gasteiger partial charge in [0.25, 0.3) is 5.91 Å². The highest BCUT2D eigenvalue weighted by Gasteiger charge is 2.24. The lowest BCUT2D eigenvalue weighted by Crippen LogP contribution is -2.31. The number of anilines is 1. The molecule has 0 aromatic carbocycles. The van der Waals surface area contributed by atoms with Crippen molar-refractivity contribution in [1.29, 1.82) is 0 Å². The van der Waals surface area contributed by atoms with E-state index in [1.165, 1.54) is 34.5 Å². The smallest absolute Gasteiger partial charge is 0.337 e. The maximum Gasteiger partial charge on any atom is 0.337 e. The summed E-state index contributed by atoms with van der Waals surface area (Å²) in [5.74, 6) is -1.38. The van der Waals surface area contributed by atoms with Crippen LogP contribution in [-0.2, 0) is 12.8 Å². The van der Waals surface area contributed by atoms with E-state index in [9.17, 15) is 9.59 Å². The summed E-state index contributed by atoms with van der Waals surface area (Å²) in [6.07, 6.45) is 7.08. The first-order chi connectivity index (χ1) is 11.6. The van der Waals surface area contributed by atoms with Gasteiger partial charge in [0.15, 0.2) is 5.13 Å². The van der Waals surface area contributed by atoms with E-state index in [1.54, 1.807) is 11.0 Å². The molecule has 7 heteroatoms. The summed E-state index contributed by atoms with van der Waals surface area (Å²) >= 11 is 1.54. The standard InChI is InChI=1S/C17H17N3O3S/c1-2-9-20(17-19-12-5-3-4-6-14(12)24-17)15(21)13-8-7-11(10-18-13)16(22)23/h2,7-8,10H,1,3-6,9H2,(H,22,23). The minimum atomic E-state index is -1.07. The maximum absolute atomic E-state index is 12.8. The average Bonchev–Trinajstić information content (AvgIpc) is 3.03. The van der Waals surface area contributed by atoms with Crippen LogP contribution in [0.4, 0.5) is 5.13 Å². The van der Waals surface area contributed by atoms with Gasteiger partial charge in [0.1, 0.15) is 5.69 Å². The molecule has 0 bridgehead atoms. The highest BCUT2D eigenvalue weighted by molar-refractivity contribution is 7.16. The quantitative estimate of drug-likeness (QED) is 0.844. The molecule has 0 radical (unpaired) electrons. The molecule has 124 valence electrons. The predicted molar refractivity (Wildman–Crippen MR) is 91.8 cm³/mol. The van der Waals surface area contributed by atoms with Gasteiger partial charge in [-0.05, 0) is 37.8 Å². The van der Waals surface area contributed by atoms with Crippen molar-refractivity contribution in [2.45, 2.75) is 25.7 Å². The SMILES string of the molecule is C=CCN(C(=O)c1ccc(C(=O)O)cn1)c1nc2c(s1)CCCC2. The number of rotatable bonds is 5. The topological polar surface area (TPSA) is 83.4 Å². The molecular formula is C17H17N3O3S. The van der Waals surface area contributed by atoms with Crippen molar-refractivity contribution in [2.75, 3.05) is 11.4 Å². The summed E-state index contributed by atoms with van der Waals surface area (Å²) in [7, 11) is 0. The summed E-state index contributed by atoms with van der Waals surface area (Å²) in [5, 5.41) is 9.57. The number of fused-ring (bicyclic) bond motifs is 1. The normalized spacial score (nSPS) is 13.2. The number of amides is 1. The Bertz CT molecular complexity index is 759. The van der Waals surface area contributed by atoms with E-state index in [0.717, 1.165) is 31.4 Å². The Kier molecular flexibility index (Phi) is 4.71. The molecular weight excluding hydrogens is 326 g/mol. The first-order valence-corrected chi connectivity index (χ1v) is 8.52. The van der Waals surface area contributed by atoms with Crippen molar-refractivity contribution in [2.24, 2.45) is 0 Å². The minimum absolute atomic E-state index is 0.0477. The molecule has 2 aromatic heterocycles. The Hall–Kier alpha value is -2.54. The zero-order valence-electron chi connectivity index (χ0n) is 13.1. The van der Waals surface area contributed by atoms with E-state index in [1.807, 2.05) is 0 Å². The minimum Gasteiger partial charge on any atom is -0.478 e. The molecule has 1 amide bonds. The number of aromatic carboxylic acids is 1. The van der Waals surface area contributed by atoms with Crippen LogP contribution in [0.25, 0.3) is 0 Å². The van der Waals surface area contributed by atoms with E-state index in [-0.39, 0.29) is 17.2 Å². The lowest BCUT2D eigenvalue weighted by molar-refractivity contribution is 0.0695. The number of carbonyl (C=O) groups excluding carboxylic acids is 1. The molecule has 0 spiro atoms. The summed E-state index contributed by atoms with van der Waals surface area (Å²) in [6, 6.07) is 2.80. The van der Waals surface area contributed by atoms with Crippen LogP contribution in [0.3, 0.4) is 0 Å². The van der Waals surface area contributed by atoms with Crippen molar-refractivity contribution >= 4 is 28.3 Å². The Labute approximate surface area is 143 Å². The predicted octanol–water partition coefficient (Wildman–Crippen LogP) is 2.95. The van der Waals surface area contributed by atoms with Gasteiger partial charge in [-0.25, -0.2) is 9.78 Å². The van der Waals surface area contributed by atoms with Crippen molar-refractivity contribution in [1.82, 2.24) is 9.97 Å². The van der Waals surface area contributed by atoms with E-state index in [0.29, 0.717) is 11.7 Å². The molecule has 0 saturated carbocycles. The molecule has 3 rings (SSSR count). The molecule has 0 unspecified atom stereocenters. The third kappa shape index (κ3) is 3.21.